The molecule has 2 aromatic rings. The lowest BCUT2D eigenvalue weighted by Crippen LogP contribution is -2.23. The van der Waals surface area contributed by atoms with Crippen LogP contribution in [0.5, 0.6) is 17.2 Å². The molecule has 0 saturated carbocycles. The van der Waals surface area contributed by atoms with E-state index in [1.165, 1.54) is 0 Å². The van der Waals surface area contributed by atoms with Gasteiger partial charge in [-0.25, -0.2) is 0 Å². The Balaban J connectivity index is 2.57. The van der Waals surface area contributed by atoms with Crippen LogP contribution in [0.3, 0.4) is 0 Å². The normalized spacial score (nSPS) is 13.4. The number of hydrogen-bond donors (Lipinski definition) is 1. The summed E-state index contributed by atoms with van der Waals surface area (Å²) in [6.45, 7) is 1.72. The van der Waals surface area contributed by atoms with E-state index in [4.69, 9.17) is 14.2 Å². The monoisotopic (exact) mass is 288 g/mol. The second kappa shape index (κ2) is 6.06. The van der Waals surface area contributed by atoms with Crippen LogP contribution in [-0.2, 0) is 5.60 Å². The van der Waals surface area contributed by atoms with Crippen molar-refractivity contribution >= 4 is 0 Å². The highest BCUT2D eigenvalue weighted by Gasteiger charge is 2.30. The van der Waals surface area contributed by atoms with E-state index < -0.39 is 5.60 Å². The van der Waals surface area contributed by atoms with Crippen molar-refractivity contribution < 1.29 is 19.3 Å². The molecule has 4 heteroatoms. The quantitative estimate of drug-likeness (QED) is 0.919. The first-order valence-electron chi connectivity index (χ1n) is 6.62. The van der Waals surface area contributed by atoms with Gasteiger partial charge >= 0.3 is 0 Å². The largest absolute Gasteiger partial charge is 0.497 e. The van der Waals surface area contributed by atoms with Crippen LogP contribution in [-0.4, -0.2) is 26.4 Å². The summed E-state index contributed by atoms with van der Waals surface area (Å²) in [4.78, 5) is 0. The number of methoxy groups -OCH3 is 3. The van der Waals surface area contributed by atoms with Crippen LogP contribution in [0.25, 0.3) is 0 Å². The van der Waals surface area contributed by atoms with Gasteiger partial charge in [-0.3, -0.25) is 0 Å². The zero-order chi connectivity index (χ0) is 15.5. The van der Waals surface area contributed by atoms with E-state index in [0.29, 0.717) is 28.4 Å². The minimum atomic E-state index is -1.23. The van der Waals surface area contributed by atoms with Gasteiger partial charge in [-0.15, -0.1) is 0 Å². The Morgan fingerprint density at radius 2 is 1.43 bits per heavy atom. The summed E-state index contributed by atoms with van der Waals surface area (Å²) in [5, 5.41) is 11.0. The number of para-hydroxylation sites is 1. The Labute approximate surface area is 124 Å². The van der Waals surface area contributed by atoms with Gasteiger partial charge in [0.25, 0.3) is 0 Å². The second-order valence-corrected chi connectivity index (χ2v) is 4.87. The van der Waals surface area contributed by atoms with Crippen molar-refractivity contribution in [3.05, 3.63) is 53.6 Å². The Bertz CT molecular complexity index is 598. The fraction of sp³-hybridized carbons (Fsp3) is 0.294. The highest BCUT2D eigenvalue weighted by Crippen LogP contribution is 2.38. The maximum atomic E-state index is 11.0. The van der Waals surface area contributed by atoms with Gasteiger partial charge in [-0.1, -0.05) is 18.2 Å². The van der Waals surface area contributed by atoms with Crippen molar-refractivity contribution in [3.63, 3.8) is 0 Å². The van der Waals surface area contributed by atoms with E-state index in [-0.39, 0.29) is 0 Å². The number of benzene rings is 2. The molecule has 0 amide bonds. The van der Waals surface area contributed by atoms with E-state index in [0.717, 1.165) is 0 Å². The van der Waals surface area contributed by atoms with Crippen LogP contribution in [0.15, 0.2) is 42.5 Å². The highest BCUT2D eigenvalue weighted by atomic mass is 16.5. The molecular formula is C17H20O4. The fourth-order valence-electron chi connectivity index (χ4n) is 2.29. The van der Waals surface area contributed by atoms with Gasteiger partial charge in [0, 0.05) is 11.6 Å². The lowest BCUT2D eigenvalue weighted by Gasteiger charge is -2.27. The molecule has 0 spiro atoms. The summed E-state index contributed by atoms with van der Waals surface area (Å²) < 4.78 is 15.9. The molecule has 0 heterocycles. The average molecular weight is 288 g/mol. The summed E-state index contributed by atoms with van der Waals surface area (Å²) in [7, 11) is 4.74. The molecule has 1 atom stereocenters. The molecule has 0 bridgehead atoms. The Morgan fingerprint density at radius 3 is 1.95 bits per heavy atom. The third-order valence-corrected chi connectivity index (χ3v) is 3.54. The average Bonchev–Trinajstić information content (AvgIpc) is 2.54. The van der Waals surface area contributed by atoms with Crippen molar-refractivity contribution in [3.8, 4) is 17.2 Å². The Hall–Kier alpha value is -2.20. The predicted molar refractivity (Wildman–Crippen MR) is 81.2 cm³/mol. The molecule has 1 N–H and O–H groups in total. The standard InChI is InChI=1S/C17H20O4/c1-17(18,15-7-5-6-8-16(15)21-4)12-9-13(19-2)11-14(10-12)20-3/h5-11,18H,1-4H3. The Morgan fingerprint density at radius 1 is 0.857 bits per heavy atom. The van der Waals surface area contributed by atoms with Crippen LogP contribution in [0.2, 0.25) is 0 Å². The maximum absolute atomic E-state index is 11.0. The van der Waals surface area contributed by atoms with E-state index in [2.05, 4.69) is 0 Å². The van der Waals surface area contributed by atoms with Gasteiger partial charge in [0.1, 0.15) is 22.8 Å². The summed E-state index contributed by atoms with van der Waals surface area (Å²) in [6.07, 6.45) is 0. The molecule has 1 unspecified atom stereocenters. The van der Waals surface area contributed by atoms with E-state index in [1.807, 2.05) is 24.3 Å². The molecular weight excluding hydrogens is 268 g/mol. The molecule has 0 aliphatic carbocycles. The van der Waals surface area contributed by atoms with Crippen LogP contribution >= 0.6 is 0 Å². The predicted octanol–water partition coefficient (Wildman–Crippen LogP) is 2.97. The van der Waals surface area contributed by atoms with E-state index >= 15 is 0 Å². The SMILES string of the molecule is COc1cc(OC)cc(C(C)(O)c2ccccc2OC)c1. The maximum Gasteiger partial charge on any atom is 0.125 e. The van der Waals surface area contributed by atoms with Crippen LogP contribution < -0.4 is 14.2 Å². The molecule has 0 aliphatic heterocycles. The number of aliphatic hydroxyl groups is 1. The van der Waals surface area contributed by atoms with E-state index in [9.17, 15) is 5.11 Å². The molecule has 2 aromatic carbocycles. The van der Waals surface area contributed by atoms with Crippen molar-refractivity contribution in [2.45, 2.75) is 12.5 Å². The Kier molecular flexibility index (Phi) is 4.38. The zero-order valence-corrected chi connectivity index (χ0v) is 12.7. The first kappa shape index (κ1) is 15.2. The molecule has 0 radical (unpaired) electrons. The summed E-state index contributed by atoms with van der Waals surface area (Å²) in [5.74, 6) is 1.88. The van der Waals surface area contributed by atoms with Gasteiger partial charge in [0.05, 0.1) is 21.3 Å². The lowest BCUT2D eigenvalue weighted by atomic mass is 9.87. The van der Waals surface area contributed by atoms with Gasteiger partial charge < -0.3 is 19.3 Å². The summed E-state index contributed by atoms with van der Waals surface area (Å²) >= 11 is 0. The summed E-state index contributed by atoms with van der Waals surface area (Å²) in [5.41, 5.74) is 0.125. The molecule has 21 heavy (non-hydrogen) atoms. The van der Waals surface area contributed by atoms with Gasteiger partial charge in [0.15, 0.2) is 0 Å². The second-order valence-electron chi connectivity index (χ2n) is 4.87. The molecule has 2 rings (SSSR count). The van der Waals surface area contributed by atoms with Crippen LogP contribution in [0, 0.1) is 0 Å². The number of ether oxygens (including phenoxy) is 3. The van der Waals surface area contributed by atoms with Crippen molar-refractivity contribution in [1.82, 2.24) is 0 Å². The van der Waals surface area contributed by atoms with Crippen molar-refractivity contribution in [2.24, 2.45) is 0 Å². The van der Waals surface area contributed by atoms with Gasteiger partial charge in [-0.05, 0) is 30.7 Å². The van der Waals surface area contributed by atoms with Gasteiger partial charge in [0.2, 0.25) is 0 Å². The van der Waals surface area contributed by atoms with Crippen LogP contribution in [0.4, 0.5) is 0 Å². The lowest BCUT2D eigenvalue weighted by molar-refractivity contribution is 0.0983. The summed E-state index contributed by atoms with van der Waals surface area (Å²) in [6, 6.07) is 12.7. The molecule has 0 saturated heterocycles. The topological polar surface area (TPSA) is 47.9 Å². The first-order valence-corrected chi connectivity index (χ1v) is 6.62. The zero-order valence-electron chi connectivity index (χ0n) is 12.7. The third-order valence-electron chi connectivity index (χ3n) is 3.54. The molecule has 0 fully saturated rings. The number of hydrogen-bond acceptors (Lipinski definition) is 4. The number of rotatable bonds is 5. The smallest absolute Gasteiger partial charge is 0.125 e. The molecule has 4 nitrogen and oxygen atoms in total. The third kappa shape index (κ3) is 2.95. The van der Waals surface area contributed by atoms with Gasteiger partial charge in [-0.2, -0.15) is 0 Å². The van der Waals surface area contributed by atoms with Crippen molar-refractivity contribution in [2.75, 3.05) is 21.3 Å². The molecule has 0 aromatic heterocycles. The molecule has 112 valence electrons. The molecule has 0 aliphatic rings. The van der Waals surface area contributed by atoms with E-state index in [1.54, 1.807) is 46.5 Å². The minimum Gasteiger partial charge on any atom is -0.497 e. The minimum absolute atomic E-state index is 0.625. The first-order chi connectivity index (χ1) is 10.0. The highest BCUT2D eigenvalue weighted by molar-refractivity contribution is 5.48. The van der Waals surface area contributed by atoms with Crippen LogP contribution in [0.1, 0.15) is 18.1 Å². The fourth-order valence-corrected chi connectivity index (χ4v) is 2.29. The van der Waals surface area contributed by atoms with Crippen molar-refractivity contribution in [1.29, 1.82) is 0 Å².